The Bertz CT molecular complexity index is 527. The fraction of sp³-hybridized carbons (Fsp3) is 0.562. The van der Waals surface area contributed by atoms with Crippen molar-refractivity contribution in [2.24, 2.45) is 5.92 Å². The summed E-state index contributed by atoms with van der Waals surface area (Å²) in [5.74, 6) is 1.26. The second kappa shape index (κ2) is 7.70. The monoisotopic (exact) mass is 327 g/mol. The zero-order valence-corrected chi connectivity index (χ0v) is 14.0. The second-order valence-corrected chi connectivity index (χ2v) is 6.01. The normalized spacial score (nSPS) is 15.0. The number of nitrogens with zero attached hydrogens (tertiary/aromatic N) is 1. The molecule has 1 fully saturated rings. The van der Waals surface area contributed by atoms with Gasteiger partial charge in [0, 0.05) is 18.7 Å². The molecule has 0 atom stereocenters. The molecule has 0 N–H and O–H groups in total. The van der Waals surface area contributed by atoms with Gasteiger partial charge in [-0.2, -0.15) is 0 Å². The summed E-state index contributed by atoms with van der Waals surface area (Å²) in [4.78, 5) is 14.3. The zero-order chi connectivity index (χ0) is 16.1. The Morgan fingerprint density at radius 3 is 2.64 bits per heavy atom. The van der Waals surface area contributed by atoms with E-state index in [9.17, 15) is 4.79 Å². The molecule has 0 spiro atoms. The summed E-state index contributed by atoms with van der Waals surface area (Å²) < 4.78 is 16.3. The van der Waals surface area contributed by atoms with Crippen molar-refractivity contribution in [2.75, 3.05) is 40.0 Å². The van der Waals surface area contributed by atoms with Crippen molar-refractivity contribution < 1.29 is 19.0 Å². The molecule has 2 rings (SSSR count). The Morgan fingerprint density at radius 1 is 1.36 bits per heavy atom. The topological polar surface area (TPSA) is 48.0 Å². The van der Waals surface area contributed by atoms with Gasteiger partial charge in [-0.3, -0.25) is 4.79 Å². The molecule has 0 saturated carbocycles. The quantitative estimate of drug-likeness (QED) is 0.834. The number of hydrogen-bond donors (Lipinski definition) is 0. The minimum absolute atomic E-state index is 0.0705. The molecule has 22 heavy (non-hydrogen) atoms. The number of hydrogen-bond acceptors (Lipinski definition) is 4. The lowest BCUT2D eigenvalue weighted by molar-refractivity contribution is 0.0302. The van der Waals surface area contributed by atoms with Gasteiger partial charge in [0.25, 0.3) is 5.91 Å². The molecule has 0 aromatic heterocycles. The van der Waals surface area contributed by atoms with Gasteiger partial charge in [-0.15, -0.1) is 0 Å². The standard InChI is InChI=1S/C16H22ClNO4/c1-11(2)10-22-15-13(17)8-12(9-14(15)20-3)16(19)18-4-6-21-7-5-18/h8-9,11H,4-7,10H2,1-3H3. The van der Waals surface area contributed by atoms with Gasteiger partial charge in [-0.1, -0.05) is 25.4 Å². The Kier molecular flexibility index (Phi) is 5.91. The number of halogens is 1. The molecular formula is C16H22ClNO4. The number of amides is 1. The van der Waals surface area contributed by atoms with E-state index in [1.165, 1.54) is 7.11 Å². The van der Waals surface area contributed by atoms with Crippen LogP contribution in [0.3, 0.4) is 0 Å². The molecular weight excluding hydrogens is 306 g/mol. The molecule has 0 bridgehead atoms. The van der Waals surface area contributed by atoms with Crippen LogP contribution in [0.5, 0.6) is 11.5 Å². The number of carbonyl (C=O) groups is 1. The lowest BCUT2D eigenvalue weighted by Crippen LogP contribution is -2.40. The Morgan fingerprint density at radius 2 is 2.05 bits per heavy atom. The summed E-state index contributed by atoms with van der Waals surface area (Å²) in [6.45, 7) is 6.94. The van der Waals surface area contributed by atoms with Crippen LogP contribution in [0.15, 0.2) is 12.1 Å². The highest BCUT2D eigenvalue weighted by atomic mass is 35.5. The molecule has 1 aromatic carbocycles. The minimum atomic E-state index is -0.0705. The first-order valence-electron chi connectivity index (χ1n) is 7.40. The van der Waals surface area contributed by atoms with E-state index in [2.05, 4.69) is 13.8 Å². The lowest BCUT2D eigenvalue weighted by Gasteiger charge is -2.27. The van der Waals surface area contributed by atoms with Crippen LogP contribution >= 0.6 is 11.6 Å². The van der Waals surface area contributed by atoms with E-state index in [1.807, 2.05) is 0 Å². The molecule has 1 amide bonds. The second-order valence-electron chi connectivity index (χ2n) is 5.60. The Balaban J connectivity index is 2.22. The average Bonchev–Trinajstić information content (AvgIpc) is 2.52. The van der Waals surface area contributed by atoms with Crippen LogP contribution in [0.2, 0.25) is 5.02 Å². The van der Waals surface area contributed by atoms with Gasteiger partial charge in [-0.05, 0) is 18.1 Å². The lowest BCUT2D eigenvalue weighted by atomic mass is 10.1. The van der Waals surface area contributed by atoms with Gasteiger partial charge in [-0.25, -0.2) is 0 Å². The summed E-state index contributed by atoms with van der Waals surface area (Å²) in [7, 11) is 1.54. The number of rotatable bonds is 5. The van der Waals surface area contributed by atoms with Crippen LogP contribution in [-0.4, -0.2) is 50.8 Å². The highest BCUT2D eigenvalue weighted by Crippen LogP contribution is 2.37. The third-order valence-corrected chi connectivity index (χ3v) is 3.62. The number of benzene rings is 1. The van der Waals surface area contributed by atoms with Crippen molar-refractivity contribution in [3.63, 3.8) is 0 Å². The molecule has 1 aliphatic rings. The number of morpholine rings is 1. The van der Waals surface area contributed by atoms with Gasteiger partial charge in [0.2, 0.25) is 0 Å². The maximum absolute atomic E-state index is 12.5. The fourth-order valence-electron chi connectivity index (χ4n) is 2.18. The van der Waals surface area contributed by atoms with E-state index in [4.69, 9.17) is 25.8 Å². The van der Waals surface area contributed by atoms with Gasteiger partial charge in [0.15, 0.2) is 11.5 Å². The number of carbonyl (C=O) groups excluding carboxylic acids is 1. The SMILES string of the molecule is COc1cc(C(=O)N2CCOCC2)cc(Cl)c1OCC(C)C. The van der Waals surface area contributed by atoms with Crippen molar-refractivity contribution in [1.29, 1.82) is 0 Å². The van der Waals surface area contributed by atoms with Gasteiger partial charge >= 0.3 is 0 Å². The van der Waals surface area contributed by atoms with Crippen molar-refractivity contribution in [1.82, 2.24) is 4.90 Å². The summed E-state index contributed by atoms with van der Waals surface area (Å²) in [5, 5.41) is 0.386. The maximum Gasteiger partial charge on any atom is 0.254 e. The van der Waals surface area contributed by atoms with Gasteiger partial charge in [0.1, 0.15) is 0 Å². The van der Waals surface area contributed by atoms with E-state index in [0.29, 0.717) is 60.9 Å². The van der Waals surface area contributed by atoms with E-state index in [-0.39, 0.29) is 5.91 Å². The van der Waals surface area contributed by atoms with Crippen molar-refractivity contribution in [2.45, 2.75) is 13.8 Å². The largest absolute Gasteiger partial charge is 0.493 e. The van der Waals surface area contributed by atoms with Crippen LogP contribution in [0.25, 0.3) is 0 Å². The molecule has 0 unspecified atom stereocenters. The number of ether oxygens (including phenoxy) is 3. The maximum atomic E-state index is 12.5. The van der Waals surface area contributed by atoms with E-state index >= 15 is 0 Å². The van der Waals surface area contributed by atoms with E-state index < -0.39 is 0 Å². The van der Waals surface area contributed by atoms with Gasteiger partial charge in [0.05, 0.1) is 32.0 Å². The van der Waals surface area contributed by atoms with E-state index in [0.717, 1.165) is 0 Å². The van der Waals surface area contributed by atoms with Crippen LogP contribution in [0.1, 0.15) is 24.2 Å². The van der Waals surface area contributed by atoms with Crippen molar-refractivity contribution in [3.05, 3.63) is 22.7 Å². The molecule has 0 radical (unpaired) electrons. The number of methoxy groups -OCH3 is 1. The highest BCUT2D eigenvalue weighted by molar-refractivity contribution is 6.32. The smallest absolute Gasteiger partial charge is 0.254 e. The molecule has 5 nitrogen and oxygen atoms in total. The third kappa shape index (κ3) is 4.05. The summed E-state index contributed by atoms with van der Waals surface area (Å²) in [6, 6.07) is 3.32. The summed E-state index contributed by atoms with van der Waals surface area (Å²) >= 11 is 6.28. The first-order valence-corrected chi connectivity index (χ1v) is 7.78. The predicted octanol–water partition coefficient (Wildman–Crippen LogP) is 2.86. The molecule has 0 aliphatic carbocycles. The minimum Gasteiger partial charge on any atom is -0.493 e. The van der Waals surface area contributed by atoms with Gasteiger partial charge < -0.3 is 19.1 Å². The first kappa shape index (κ1) is 16.9. The molecule has 1 heterocycles. The summed E-state index contributed by atoms with van der Waals surface area (Å²) in [5.41, 5.74) is 0.501. The van der Waals surface area contributed by atoms with Crippen molar-refractivity contribution >= 4 is 17.5 Å². The van der Waals surface area contributed by atoms with Crippen LogP contribution in [-0.2, 0) is 4.74 Å². The average molecular weight is 328 g/mol. The third-order valence-electron chi connectivity index (χ3n) is 3.34. The molecule has 1 aliphatic heterocycles. The Hall–Kier alpha value is -1.46. The fourth-order valence-corrected chi connectivity index (χ4v) is 2.45. The van der Waals surface area contributed by atoms with E-state index in [1.54, 1.807) is 17.0 Å². The summed E-state index contributed by atoms with van der Waals surface area (Å²) in [6.07, 6.45) is 0. The molecule has 1 aromatic rings. The molecule has 122 valence electrons. The Labute approximate surface area is 136 Å². The van der Waals surface area contributed by atoms with Crippen molar-refractivity contribution in [3.8, 4) is 11.5 Å². The predicted molar refractivity (Wildman–Crippen MR) is 85.1 cm³/mol. The highest BCUT2D eigenvalue weighted by Gasteiger charge is 2.22. The molecule has 1 saturated heterocycles. The zero-order valence-electron chi connectivity index (χ0n) is 13.2. The first-order chi connectivity index (χ1) is 10.5. The van der Waals surface area contributed by atoms with Crippen LogP contribution < -0.4 is 9.47 Å². The van der Waals surface area contributed by atoms with Crippen LogP contribution in [0, 0.1) is 5.92 Å². The molecule has 6 heteroatoms. The van der Waals surface area contributed by atoms with Crippen LogP contribution in [0.4, 0.5) is 0 Å².